The summed E-state index contributed by atoms with van der Waals surface area (Å²) in [5, 5.41) is 16.1. The molecule has 3 N–H and O–H groups in total. The fourth-order valence-electron chi connectivity index (χ4n) is 6.12. The number of rotatable bonds is 10. The molecule has 13 heteroatoms. The maximum absolute atomic E-state index is 13.8. The minimum atomic E-state index is -4.07. The van der Waals surface area contributed by atoms with E-state index in [2.05, 4.69) is 10.6 Å². The van der Waals surface area contributed by atoms with Crippen molar-refractivity contribution < 1.29 is 41.0 Å². The molecule has 3 atom stereocenters. The number of hydrogen-bond donors (Lipinski definition) is 3. The average molecular weight is 631 g/mol. The first-order valence-corrected chi connectivity index (χ1v) is 15.7. The van der Waals surface area contributed by atoms with Crippen LogP contribution < -0.4 is 10.6 Å². The van der Waals surface area contributed by atoms with Gasteiger partial charge >= 0.3 is 5.97 Å². The van der Waals surface area contributed by atoms with E-state index >= 15 is 0 Å². The summed E-state index contributed by atoms with van der Waals surface area (Å²) in [6, 6.07) is 4.19. The smallest absolute Gasteiger partial charge is 0.323 e. The van der Waals surface area contributed by atoms with Crippen molar-refractivity contribution in [1.29, 1.82) is 0 Å². The number of fused-ring (bicyclic) bond motifs is 2. The number of anilines is 1. The van der Waals surface area contributed by atoms with Gasteiger partial charge in [0.05, 0.1) is 27.4 Å². The summed E-state index contributed by atoms with van der Waals surface area (Å²) in [5.74, 6) is -6.75. The van der Waals surface area contributed by atoms with Gasteiger partial charge in [0.15, 0.2) is 27.3 Å². The molecule has 0 heterocycles. The van der Waals surface area contributed by atoms with Crippen LogP contribution in [-0.2, 0) is 19.4 Å². The lowest BCUT2D eigenvalue weighted by atomic mass is 9.74. The van der Waals surface area contributed by atoms with Crippen LogP contribution in [0.15, 0.2) is 35.2 Å². The van der Waals surface area contributed by atoms with Gasteiger partial charge in [-0.1, -0.05) is 25.4 Å². The third-order valence-electron chi connectivity index (χ3n) is 8.37. The second-order valence-electron chi connectivity index (χ2n) is 11.3. The zero-order valence-electron chi connectivity index (χ0n) is 23.4. The minimum absolute atomic E-state index is 0.0882. The molecule has 0 aromatic heterocycles. The molecule has 2 aliphatic carbocycles. The maximum Gasteiger partial charge on any atom is 0.323 e. The SMILES string of the molecule is CCOC(=O)[C@@H](NCC1(O)C2CCC1CC(S(=O)(=O)c1cc(C(=O)Nc3cc(F)c(F)c(F)c3)ccc1Cl)C2)C(C)C. The first-order valence-electron chi connectivity index (χ1n) is 13.8. The topological polar surface area (TPSA) is 122 Å². The van der Waals surface area contributed by atoms with Crippen LogP contribution in [-0.4, -0.2) is 55.4 Å². The van der Waals surface area contributed by atoms with E-state index in [-0.39, 0.29) is 64.9 Å². The summed E-state index contributed by atoms with van der Waals surface area (Å²) < 4.78 is 73.2. The summed E-state index contributed by atoms with van der Waals surface area (Å²) >= 11 is 6.28. The van der Waals surface area contributed by atoms with Gasteiger partial charge in [0.2, 0.25) is 0 Å². The molecule has 2 aliphatic rings. The Labute approximate surface area is 247 Å². The highest BCUT2D eigenvalue weighted by Crippen LogP contribution is 2.52. The van der Waals surface area contributed by atoms with Crippen LogP contribution in [0, 0.1) is 35.2 Å². The molecule has 0 radical (unpaired) electrons. The van der Waals surface area contributed by atoms with Crippen molar-refractivity contribution in [2.24, 2.45) is 17.8 Å². The van der Waals surface area contributed by atoms with Gasteiger partial charge in [0.1, 0.15) is 6.04 Å². The lowest BCUT2D eigenvalue weighted by molar-refractivity contribution is -0.147. The van der Waals surface area contributed by atoms with Gasteiger partial charge in [-0.2, -0.15) is 0 Å². The van der Waals surface area contributed by atoms with Gasteiger partial charge in [0.25, 0.3) is 5.91 Å². The summed E-state index contributed by atoms with van der Waals surface area (Å²) in [6.07, 6.45) is 1.54. The number of ether oxygens (including phenoxy) is 1. The number of sulfone groups is 1. The molecule has 0 aliphatic heterocycles. The van der Waals surface area contributed by atoms with Crippen LogP contribution in [0.1, 0.15) is 56.8 Å². The molecular weight excluding hydrogens is 597 g/mol. The van der Waals surface area contributed by atoms with Crippen molar-refractivity contribution in [2.45, 2.75) is 68.2 Å². The molecule has 0 saturated heterocycles. The number of benzene rings is 2. The number of halogens is 4. The number of esters is 1. The quantitative estimate of drug-likeness (QED) is 0.253. The molecule has 8 nitrogen and oxygen atoms in total. The average Bonchev–Trinajstić information content (AvgIpc) is 3.07. The van der Waals surface area contributed by atoms with Gasteiger partial charge < -0.3 is 20.5 Å². The lowest BCUT2D eigenvalue weighted by Crippen LogP contribution is -2.57. The molecule has 2 aromatic carbocycles. The Bertz CT molecular complexity index is 1430. The van der Waals surface area contributed by atoms with Gasteiger partial charge in [-0.15, -0.1) is 0 Å². The largest absolute Gasteiger partial charge is 0.465 e. The van der Waals surface area contributed by atoms with E-state index in [4.69, 9.17) is 16.3 Å². The van der Waals surface area contributed by atoms with Crippen molar-refractivity contribution in [3.05, 3.63) is 58.4 Å². The van der Waals surface area contributed by atoms with Gasteiger partial charge in [-0.3, -0.25) is 9.59 Å². The first-order chi connectivity index (χ1) is 19.7. The fourth-order valence-corrected chi connectivity index (χ4v) is 8.52. The fraction of sp³-hybridized carbons (Fsp3) is 0.517. The van der Waals surface area contributed by atoms with Crippen molar-refractivity contribution in [2.75, 3.05) is 18.5 Å². The van der Waals surface area contributed by atoms with E-state index in [1.807, 2.05) is 13.8 Å². The Hall–Kier alpha value is -2.67. The molecule has 2 saturated carbocycles. The molecular formula is C29H34ClF3N2O6S. The van der Waals surface area contributed by atoms with E-state index in [1.165, 1.54) is 12.1 Å². The highest BCUT2D eigenvalue weighted by Gasteiger charge is 2.55. The zero-order chi connectivity index (χ0) is 31.0. The summed E-state index contributed by atoms with van der Waals surface area (Å²) in [6.45, 7) is 5.79. The number of amides is 1. The maximum atomic E-state index is 13.8. The number of nitrogens with one attached hydrogen (secondary N) is 2. The van der Waals surface area contributed by atoms with Crippen LogP contribution in [0.3, 0.4) is 0 Å². The second kappa shape index (κ2) is 12.5. The van der Waals surface area contributed by atoms with E-state index in [1.54, 1.807) is 6.92 Å². The Morgan fingerprint density at radius 2 is 1.69 bits per heavy atom. The predicted molar refractivity (Wildman–Crippen MR) is 150 cm³/mol. The number of hydrogen-bond acceptors (Lipinski definition) is 7. The number of carbonyl (C=O) groups is 2. The van der Waals surface area contributed by atoms with Crippen LogP contribution in [0.4, 0.5) is 18.9 Å². The van der Waals surface area contributed by atoms with Crippen molar-refractivity contribution in [1.82, 2.24) is 5.32 Å². The van der Waals surface area contributed by atoms with E-state index in [0.717, 1.165) is 6.07 Å². The van der Waals surface area contributed by atoms with Crippen LogP contribution in [0.5, 0.6) is 0 Å². The first kappa shape index (κ1) is 32.2. The van der Waals surface area contributed by atoms with Gasteiger partial charge in [-0.25, -0.2) is 21.6 Å². The Balaban J connectivity index is 1.51. The number of aliphatic hydroxyl groups is 1. The van der Waals surface area contributed by atoms with E-state index < -0.39 is 56.1 Å². The van der Waals surface area contributed by atoms with Crippen LogP contribution in [0.25, 0.3) is 0 Å². The van der Waals surface area contributed by atoms with Crippen molar-refractivity contribution >= 4 is 39.0 Å². The Morgan fingerprint density at radius 1 is 1.10 bits per heavy atom. The Morgan fingerprint density at radius 3 is 2.24 bits per heavy atom. The predicted octanol–water partition coefficient (Wildman–Crippen LogP) is 4.88. The van der Waals surface area contributed by atoms with Crippen molar-refractivity contribution in [3.8, 4) is 0 Å². The summed E-state index contributed by atoms with van der Waals surface area (Å²) in [5.41, 5.74) is -1.70. The van der Waals surface area contributed by atoms with Crippen molar-refractivity contribution in [3.63, 3.8) is 0 Å². The summed E-state index contributed by atoms with van der Waals surface area (Å²) in [4.78, 5) is 24.9. The van der Waals surface area contributed by atoms with Gasteiger partial charge in [0, 0.05) is 29.9 Å². The van der Waals surface area contributed by atoms with Gasteiger partial charge in [-0.05, 0) is 68.6 Å². The molecule has 230 valence electrons. The highest BCUT2D eigenvalue weighted by molar-refractivity contribution is 7.92. The zero-order valence-corrected chi connectivity index (χ0v) is 25.0. The molecule has 2 fully saturated rings. The number of carbonyl (C=O) groups excluding carboxylic acids is 2. The summed E-state index contributed by atoms with van der Waals surface area (Å²) in [7, 11) is -4.07. The highest BCUT2D eigenvalue weighted by atomic mass is 35.5. The molecule has 2 aromatic rings. The van der Waals surface area contributed by atoms with Crippen LogP contribution in [0.2, 0.25) is 5.02 Å². The minimum Gasteiger partial charge on any atom is -0.465 e. The monoisotopic (exact) mass is 630 g/mol. The standard InChI is InChI=1S/C29H34ClF3N2O6S/c1-4-41-28(37)26(15(2)3)34-14-29(38)17-6-7-18(29)11-20(10-17)42(39,40)24-9-16(5-8-21(24)30)27(36)35-19-12-22(31)25(33)23(32)13-19/h5,8-9,12-13,15,17-18,20,26,34,38H,4,6-7,10-11,14H2,1-3H3,(H,35,36)/t17?,18?,20?,26-,29?/m0/s1. The lowest BCUT2D eigenvalue weighted by Gasteiger charge is -2.43. The van der Waals surface area contributed by atoms with E-state index in [0.29, 0.717) is 25.0 Å². The van der Waals surface area contributed by atoms with E-state index in [9.17, 15) is 36.3 Å². The third kappa shape index (κ3) is 6.31. The molecule has 4 rings (SSSR count). The second-order valence-corrected chi connectivity index (χ2v) is 13.9. The molecule has 42 heavy (non-hydrogen) atoms. The Kier molecular flexibility index (Phi) is 9.61. The van der Waals surface area contributed by atoms with Crippen LogP contribution >= 0.6 is 11.6 Å². The normalized spacial score (nSPS) is 24.5. The molecule has 2 bridgehead atoms. The molecule has 1 amide bonds. The molecule has 0 spiro atoms. The molecule has 2 unspecified atom stereocenters. The third-order valence-corrected chi connectivity index (χ3v) is 11.0.